The van der Waals surface area contributed by atoms with Crippen molar-refractivity contribution in [3.63, 3.8) is 0 Å². The van der Waals surface area contributed by atoms with Crippen LogP contribution in [0.1, 0.15) is 51.5 Å². The van der Waals surface area contributed by atoms with Crippen molar-refractivity contribution in [2.45, 2.75) is 33.2 Å². The second-order valence-corrected chi connectivity index (χ2v) is 6.36. The number of H-pyrrole nitrogens is 1. The smallest absolute Gasteiger partial charge is 0.356 e. The lowest BCUT2D eigenvalue weighted by molar-refractivity contribution is 0.0689. The van der Waals surface area contributed by atoms with Crippen molar-refractivity contribution in [3.05, 3.63) is 75.0 Å². The Balaban J connectivity index is 1.79. The van der Waals surface area contributed by atoms with Gasteiger partial charge in [0.25, 0.3) is 11.5 Å². The molecule has 0 aliphatic heterocycles. The van der Waals surface area contributed by atoms with Crippen LogP contribution in [-0.2, 0) is 19.4 Å². The molecule has 1 aromatic carbocycles. The maximum Gasteiger partial charge on any atom is 0.356 e. The number of benzene rings is 1. The molecule has 3 N–H and O–H groups in total. The van der Waals surface area contributed by atoms with Crippen LogP contribution in [0.5, 0.6) is 0 Å². The molecular formula is C20H21N5O4. The van der Waals surface area contributed by atoms with Crippen molar-refractivity contribution >= 4 is 11.9 Å². The summed E-state index contributed by atoms with van der Waals surface area (Å²) in [5.74, 6) is -1.56. The molecular weight excluding hydrogens is 374 g/mol. The van der Waals surface area contributed by atoms with Gasteiger partial charge in [0.2, 0.25) is 0 Å². The van der Waals surface area contributed by atoms with E-state index in [0.717, 1.165) is 5.56 Å². The number of carboxylic acid groups (broad SMARTS) is 1. The standard InChI is InChI=1S/C20H21N5O4/c1-3-14-15(4-2)22-23-19(27)17(14)18(26)21-11-12-6-5-7-13(10-12)25-9-8-16(24-25)20(28)29/h5-10H,3-4,11H2,1-2H3,(H,21,26)(H,23,27)(H,28,29). The van der Waals surface area contributed by atoms with Crippen LogP contribution < -0.4 is 10.9 Å². The van der Waals surface area contributed by atoms with Gasteiger partial charge in [-0.05, 0) is 42.2 Å². The minimum atomic E-state index is -1.10. The van der Waals surface area contributed by atoms with Gasteiger partial charge < -0.3 is 10.4 Å². The van der Waals surface area contributed by atoms with Crippen molar-refractivity contribution < 1.29 is 14.7 Å². The van der Waals surface area contributed by atoms with Crippen LogP contribution in [0.25, 0.3) is 5.69 Å². The van der Waals surface area contributed by atoms with Crippen LogP contribution in [0.2, 0.25) is 0 Å². The highest BCUT2D eigenvalue weighted by Crippen LogP contribution is 2.13. The van der Waals surface area contributed by atoms with Crippen LogP contribution in [0, 0.1) is 0 Å². The minimum absolute atomic E-state index is 0.0561. The van der Waals surface area contributed by atoms with Crippen LogP contribution in [0.4, 0.5) is 0 Å². The number of nitrogens with zero attached hydrogens (tertiary/aromatic N) is 3. The van der Waals surface area contributed by atoms with Crippen LogP contribution >= 0.6 is 0 Å². The van der Waals surface area contributed by atoms with E-state index in [0.29, 0.717) is 29.8 Å². The first-order valence-corrected chi connectivity index (χ1v) is 9.21. The summed E-state index contributed by atoms with van der Waals surface area (Å²) in [6, 6.07) is 8.57. The largest absolute Gasteiger partial charge is 0.476 e. The number of aromatic amines is 1. The fraction of sp³-hybridized carbons (Fsp3) is 0.250. The van der Waals surface area contributed by atoms with Gasteiger partial charge in [-0.1, -0.05) is 26.0 Å². The average molecular weight is 395 g/mol. The van der Waals surface area contributed by atoms with E-state index >= 15 is 0 Å². The number of nitrogens with one attached hydrogen (secondary N) is 2. The topological polar surface area (TPSA) is 130 Å². The molecule has 0 radical (unpaired) electrons. The molecule has 0 spiro atoms. The fourth-order valence-electron chi connectivity index (χ4n) is 3.10. The molecule has 0 unspecified atom stereocenters. The highest BCUT2D eigenvalue weighted by atomic mass is 16.4. The Bertz CT molecular complexity index is 1120. The van der Waals surface area contributed by atoms with Gasteiger partial charge in [0.05, 0.1) is 11.4 Å². The first-order valence-electron chi connectivity index (χ1n) is 9.21. The molecule has 3 aromatic rings. The number of carboxylic acids is 1. The van der Waals surface area contributed by atoms with Crippen LogP contribution in [0.3, 0.4) is 0 Å². The van der Waals surface area contributed by atoms with E-state index in [9.17, 15) is 14.4 Å². The number of aromatic carboxylic acids is 1. The Hall–Kier alpha value is -3.75. The monoisotopic (exact) mass is 395 g/mol. The van der Waals surface area contributed by atoms with Gasteiger partial charge in [0.1, 0.15) is 5.56 Å². The number of amides is 1. The molecule has 0 bridgehead atoms. The van der Waals surface area contributed by atoms with E-state index in [-0.39, 0.29) is 17.8 Å². The highest BCUT2D eigenvalue weighted by molar-refractivity contribution is 5.95. The second-order valence-electron chi connectivity index (χ2n) is 6.36. The third-order valence-corrected chi connectivity index (χ3v) is 4.52. The molecule has 1 amide bonds. The number of carbonyl (C=O) groups excluding carboxylic acids is 1. The van der Waals surface area contributed by atoms with Crippen molar-refractivity contribution in [2.75, 3.05) is 0 Å². The van der Waals surface area contributed by atoms with Crippen molar-refractivity contribution in [3.8, 4) is 5.69 Å². The first-order chi connectivity index (χ1) is 13.9. The number of aryl methyl sites for hydroxylation is 1. The Labute approximate surface area is 166 Å². The number of aromatic nitrogens is 4. The maximum absolute atomic E-state index is 12.7. The Morgan fingerprint density at radius 2 is 2.00 bits per heavy atom. The van der Waals surface area contributed by atoms with E-state index in [1.165, 1.54) is 10.7 Å². The molecule has 9 heteroatoms. The molecule has 0 aliphatic carbocycles. The molecule has 0 saturated heterocycles. The highest BCUT2D eigenvalue weighted by Gasteiger charge is 2.18. The average Bonchev–Trinajstić information content (AvgIpc) is 3.22. The van der Waals surface area contributed by atoms with Gasteiger partial charge in [-0.3, -0.25) is 9.59 Å². The SMILES string of the molecule is CCc1n[nH]c(=O)c(C(=O)NCc2cccc(-n3ccc(C(=O)O)n3)c2)c1CC. The molecule has 150 valence electrons. The molecule has 0 fully saturated rings. The van der Waals surface area contributed by atoms with Gasteiger partial charge in [-0.25, -0.2) is 14.6 Å². The number of rotatable bonds is 7. The van der Waals surface area contributed by atoms with E-state index in [2.05, 4.69) is 20.6 Å². The Morgan fingerprint density at radius 1 is 1.21 bits per heavy atom. The van der Waals surface area contributed by atoms with E-state index < -0.39 is 17.4 Å². The predicted molar refractivity (Wildman–Crippen MR) is 105 cm³/mol. The van der Waals surface area contributed by atoms with Gasteiger partial charge in [0.15, 0.2) is 5.69 Å². The molecule has 0 saturated carbocycles. The van der Waals surface area contributed by atoms with Crippen molar-refractivity contribution in [1.82, 2.24) is 25.3 Å². The Morgan fingerprint density at radius 3 is 2.66 bits per heavy atom. The van der Waals surface area contributed by atoms with Gasteiger partial charge in [-0.15, -0.1) is 0 Å². The number of carbonyl (C=O) groups is 2. The summed E-state index contributed by atoms with van der Waals surface area (Å²) in [4.78, 5) is 35.9. The predicted octanol–water partition coefficient (Wildman–Crippen LogP) is 1.71. The third kappa shape index (κ3) is 4.23. The number of hydrogen-bond acceptors (Lipinski definition) is 5. The molecule has 29 heavy (non-hydrogen) atoms. The summed E-state index contributed by atoms with van der Waals surface area (Å²) in [5.41, 5.74) is 2.32. The molecule has 9 nitrogen and oxygen atoms in total. The van der Waals surface area contributed by atoms with E-state index in [4.69, 9.17) is 5.11 Å². The van der Waals surface area contributed by atoms with Gasteiger partial charge in [0, 0.05) is 12.7 Å². The Kier molecular flexibility index (Phi) is 5.87. The van der Waals surface area contributed by atoms with Crippen LogP contribution in [-0.4, -0.2) is 37.0 Å². The van der Waals surface area contributed by atoms with E-state index in [1.54, 1.807) is 24.4 Å². The van der Waals surface area contributed by atoms with Crippen molar-refractivity contribution in [1.29, 1.82) is 0 Å². The third-order valence-electron chi connectivity index (χ3n) is 4.52. The molecule has 3 rings (SSSR count). The van der Waals surface area contributed by atoms with Gasteiger partial charge >= 0.3 is 5.97 Å². The lowest BCUT2D eigenvalue weighted by Gasteiger charge is -2.11. The summed E-state index contributed by atoms with van der Waals surface area (Å²) in [6.07, 6.45) is 2.70. The summed E-state index contributed by atoms with van der Waals surface area (Å²) in [6.45, 7) is 4.00. The molecule has 0 aliphatic rings. The normalized spacial score (nSPS) is 10.7. The zero-order chi connectivity index (χ0) is 21.0. The zero-order valence-corrected chi connectivity index (χ0v) is 16.1. The van der Waals surface area contributed by atoms with Crippen molar-refractivity contribution in [2.24, 2.45) is 0 Å². The van der Waals surface area contributed by atoms with Gasteiger partial charge in [-0.2, -0.15) is 10.2 Å². The molecule has 2 aromatic heterocycles. The lowest BCUT2D eigenvalue weighted by Crippen LogP contribution is -2.32. The summed E-state index contributed by atoms with van der Waals surface area (Å²) in [5, 5.41) is 22.2. The maximum atomic E-state index is 12.7. The quantitative estimate of drug-likeness (QED) is 0.558. The molecule has 2 heterocycles. The number of hydrogen-bond donors (Lipinski definition) is 3. The second kappa shape index (κ2) is 8.51. The summed E-state index contributed by atoms with van der Waals surface area (Å²) >= 11 is 0. The molecule has 0 atom stereocenters. The first kappa shape index (κ1) is 20.0. The van der Waals surface area contributed by atoms with E-state index in [1.807, 2.05) is 19.9 Å². The summed E-state index contributed by atoms with van der Waals surface area (Å²) < 4.78 is 1.45. The minimum Gasteiger partial charge on any atom is -0.476 e. The fourth-order valence-corrected chi connectivity index (χ4v) is 3.10. The zero-order valence-electron chi connectivity index (χ0n) is 16.1. The summed E-state index contributed by atoms with van der Waals surface area (Å²) in [7, 11) is 0. The van der Waals surface area contributed by atoms with Crippen LogP contribution in [0.15, 0.2) is 41.3 Å². The lowest BCUT2D eigenvalue weighted by atomic mass is 10.0.